The fraction of sp³-hybridized carbons (Fsp3) is 0.375. The number of hydrogen-bond acceptors (Lipinski definition) is 7. The summed E-state index contributed by atoms with van der Waals surface area (Å²) in [6.45, 7) is 1.40. The van der Waals surface area contributed by atoms with Gasteiger partial charge in [-0.3, -0.25) is 4.79 Å². The SMILES string of the molecule is COCCNCC(=O)Nc1nc(-c2ccc(OC)c(OC)c2)cs1. The monoisotopic (exact) mass is 351 g/mol. The van der Waals surface area contributed by atoms with Crippen LogP contribution in [0.15, 0.2) is 23.6 Å². The van der Waals surface area contributed by atoms with Crippen molar-refractivity contribution in [3.8, 4) is 22.8 Å². The molecule has 1 aromatic heterocycles. The topological polar surface area (TPSA) is 81.7 Å². The summed E-state index contributed by atoms with van der Waals surface area (Å²) in [6, 6.07) is 5.57. The minimum atomic E-state index is -0.140. The van der Waals surface area contributed by atoms with E-state index in [1.807, 2.05) is 23.6 Å². The molecule has 0 saturated heterocycles. The average molecular weight is 351 g/mol. The molecule has 8 heteroatoms. The summed E-state index contributed by atoms with van der Waals surface area (Å²) < 4.78 is 15.4. The van der Waals surface area contributed by atoms with Crippen molar-refractivity contribution in [3.05, 3.63) is 23.6 Å². The number of benzene rings is 1. The Hall–Kier alpha value is -2.16. The zero-order valence-corrected chi connectivity index (χ0v) is 14.7. The van der Waals surface area contributed by atoms with Gasteiger partial charge >= 0.3 is 0 Å². The largest absolute Gasteiger partial charge is 0.493 e. The minimum Gasteiger partial charge on any atom is -0.493 e. The van der Waals surface area contributed by atoms with Crippen molar-refractivity contribution < 1.29 is 19.0 Å². The van der Waals surface area contributed by atoms with Crippen molar-refractivity contribution >= 4 is 22.4 Å². The van der Waals surface area contributed by atoms with E-state index in [-0.39, 0.29) is 12.5 Å². The summed E-state index contributed by atoms with van der Waals surface area (Å²) in [4.78, 5) is 16.3. The lowest BCUT2D eigenvalue weighted by Gasteiger charge is -2.08. The van der Waals surface area contributed by atoms with Crippen LogP contribution in [0.2, 0.25) is 0 Å². The van der Waals surface area contributed by atoms with Crippen LogP contribution in [-0.4, -0.2) is 51.9 Å². The summed E-state index contributed by atoms with van der Waals surface area (Å²) in [6.07, 6.45) is 0. The van der Waals surface area contributed by atoms with Gasteiger partial charge in [0.15, 0.2) is 16.6 Å². The summed E-state index contributed by atoms with van der Waals surface area (Å²) in [7, 11) is 4.80. The highest BCUT2D eigenvalue weighted by molar-refractivity contribution is 7.14. The molecule has 1 aromatic carbocycles. The average Bonchev–Trinajstić information content (AvgIpc) is 3.06. The van der Waals surface area contributed by atoms with Crippen LogP contribution in [0.5, 0.6) is 11.5 Å². The van der Waals surface area contributed by atoms with Crippen LogP contribution in [0.1, 0.15) is 0 Å². The Morgan fingerprint density at radius 2 is 2.00 bits per heavy atom. The first-order valence-electron chi connectivity index (χ1n) is 7.35. The Labute approximate surface area is 145 Å². The maximum atomic E-state index is 11.8. The molecule has 130 valence electrons. The minimum absolute atomic E-state index is 0.140. The van der Waals surface area contributed by atoms with Gasteiger partial charge in [0.1, 0.15) is 0 Å². The summed E-state index contributed by atoms with van der Waals surface area (Å²) >= 11 is 1.37. The molecule has 0 bridgehead atoms. The zero-order chi connectivity index (χ0) is 17.4. The molecule has 0 aliphatic carbocycles. The Balaban J connectivity index is 1.99. The fourth-order valence-corrected chi connectivity index (χ4v) is 2.73. The van der Waals surface area contributed by atoms with Crippen LogP contribution in [0.25, 0.3) is 11.3 Å². The number of hydrogen-bond donors (Lipinski definition) is 2. The number of thiazole rings is 1. The summed E-state index contributed by atoms with van der Waals surface area (Å²) in [5.74, 6) is 1.15. The van der Waals surface area contributed by atoms with Crippen LogP contribution in [0, 0.1) is 0 Å². The molecule has 0 atom stereocenters. The standard InChI is InChI=1S/C16H21N3O4S/c1-21-7-6-17-9-15(20)19-16-18-12(10-24-16)11-4-5-13(22-2)14(8-11)23-3/h4-5,8,10,17H,6-7,9H2,1-3H3,(H,18,19,20). The maximum Gasteiger partial charge on any atom is 0.240 e. The molecule has 0 aliphatic rings. The normalized spacial score (nSPS) is 10.5. The number of aromatic nitrogens is 1. The van der Waals surface area contributed by atoms with Gasteiger partial charge in [-0.05, 0) is 18.2 Å². The third-order valence-corrected chi connectivity index (χ3v) is 3.96. The van der Waals surface area contributed by atoms with Gasteiger partial charge in [0, 0.05) is 24.6 Å². The number of ether oxygens (including phenoxy) is 3. The zero-order valence-electron chi connectivity index (χ0n) is 13.9. The molecule has 0 fully saturated rings. The molecule has 2 aromatic rings. The number of anilines is 1. The first-order valence-corrected chi connectivity index (χ1v) is 8.23. The van der Waals surface area contributed by atoms with Gasteiger partial charge in [-0.1, -0.05) is 0 Å². The number of methoxy groups -OCH3 is 3. The number of rotatable bonds is 9. The van der Waals surface area contributed by atoms with E-state index in [1.54, 1.807) is 21.3 Å². The predicted molar refractivity (Wildman–Crippen MR) is 94.0 cm³/mol. The van der Waals surface area contributed by atoms with Crippen molar-refractivity contribution in [1.29, 1.82) is 0 Å². The molecule has 1 amide bonds. The quantitative estimate of drug-likeness (QED) is 0.673. The van der Waals surface area contributed by atoms with Crippen molar-refractivity contribution in [2.75, 3.05) is 46.3 Å². The first-order chi connectivity index (χ1) is 11.7. The number of carbonyl (C=O) groups is 1. The second kappa shape index (κ2) is 9.21. The molecular formula is C16H21N3O4S. The molecular weight excluding hydrogens is 330 g/mol. The Kier molecular flexibility index (Phi) is 6.98. The Morgan fingerprint density at radius 1 is 1.21 bits per heavy atom. The van der Waals surface area contributed by atoms with Gasteiger partial charge in [0.25, 0.3) is 0 Å². The molecule has 1 heterocycles. The van der Waals surface area contributed by atoms with E-state index in [9.17, 15) is 4.79 Å². The lowest BCUT2D eigenvalue weighted by atomic mass is 10.1. The highest BCUT2D eigenvalue weighted by atomic mass is 32.1. The van der Waals surface area contributed by atoms with Crippen molar-refractivity contribution in [3.63, 3.8) is 0 Å². The van der Waals surface area contributed by atoms with Gasteiger partial charge in [-0.2, -0.15) is 0 Å². The molecule has 0 saturated carbocycles. The number of nitrogens with one attached hydrogen (secondary N) is 2. The molecule has 7 nitrogen and oxygen atoms in total. The van der Waals surface area contributed by atoms with E-state index in [4.69, 9.17) is 14.2 Å². The molecule has 2 N–H and O–H groups in total. The van der Waals surface area contributed by atoms with Crippen LogP contribution in [-0.2, 0) is 9.53 Å². The molecule has 0 radical (unpaired) electrons. The third kappa shape index (κ3) is 4.92. The van der Waals surface area contributed by atoms with E-state index in [2.05, 4.69) is 15.6 Å². The van der Waals surface area contributed by atoms with Gasteiger partial charge < -0.3 is 24.8 Å². The Bertz CT molecular complexity index is 675. The van der Waals surface area contributed by atoms with Gasteiger partial charge in [-0.25, -0.2) is 4.98 Å². The van der Waals surface area contributed by atoms with Crippen molar-refractivity contribution in [2.24, 2.45) is 0 Å². The fourth-order valence-electron chi connectivity index (χ4n) is 2.00. The van der Waals surface area contributed by atoms with Gasteiger partial charge in [0.05, 0.1) is 33.1 Å². The van der Waals surface area contributed by atoms with Crippen molar-refractivity contribution in [2.45, 2.75) is 0 Å². The molecule has 0 unspecified atom stereocenters. The van der Waals surface area contributed by atoms with E-state index in [0.29, 0.717) is 29.8 Å². The number of carbonyl (C=O) groups excluding carboxylic acids is 1. The third-order valence-electron chi connectivity index (χ3n) is 3.20. The molecule has 2 rings (SSSR count). The van der Waals surface area contributed by atoms with Crippen LogP contribution in [0.3, 0.4) is 0 Å². The Morgan fingerprint density at radius 3 is 2.71 bits per heavy atom. The van der Waals surface area contributed by atoms with Crippen LogP contribution < -0.4 is 20.1 Å². The van der Waals surface area contributed by atoms with Gasteiger partial charge in [0.2, 0.25) is 5.91 Å². The highest BCUT2D eigenvalue weighted by Crippen LogP contribution is 2.33. The van der Waals surface area contributed by atoms with E-state index >= 15 is 0 Å². The van der Waals surface area contributed by atoms with Crippen molar-refractivity contribution in [1.82, 2.24) is 10.3 Å². The van der Waals surface area contributed by atoms with Gasteiger partial charge in [-0.15, -0.1) is 11.3 Å². The molecule has 0 spiro atoms. The van der Waals surface area contributed by atoms with E-state index in [1.165, 1.54) is 11.3 Å². The second-order valence-corrected chi connectivity index (χ2v) is 5.68. The van der Waals surface area contributed by atoms with E-state index < -0.39 is 0 Å². The first kappa shape index (κ1) is 18.2. The lowest BCUT2D eigenvalue weighted by Crippen LogP contribution is -2.30. The van der Waals surface area contributed by atoms with E-state index in [0.717, 1.165) is 11.3 Å². The smallest absolute Gasteiger partial charge is 0.240 e. The molecule has 24 heavy (non-hydrogen) atoms. The summed E-state index contributed by atoms with van der Waals surface area (Å²) in [5, 5.41) is 8.19. The lowest BCUT2D eigenvalue weighted by molar-refractivity contribution is -0.115. The number of amides is 1. The highest BCUT2D eigenvalue weighted by Gasteiger charge is 2.10. The van der Waals surface area contributed by atoms with Crippen LogP contribution >= 0.6 is 11.3 Å². The van der Waals surface area contributed by atoms with Crippen LogP contribution in [0.4, 0.5) is 5.13 Å². The molecule has 0 aliphatic heterocycles. The summed E-state index contributed by atoms with van der Waals surface area (Å²) in [5.41, 5.74) is 1.66. The number of nitrogens with zero attached hydrogens (tertiary/aromatic N) is 1. The second-order valence-electron chi connectivity index (χ2n) is 4.83. The predicted octanol–water partition coefficient (Wildman–Crippen LogP) is 2.00. The maximum absolute atomic E-state index is 11.8.